The van der Waals surface area contributed by atoms with E-state index < -0.39 is 0 Å². The Labute approximate surface area is 121 Å². The highest BCUT2D eigenvalue weighted by atomic mass is 16.5. The van der Waals surface area contributed by atoms with Crippen LogP contribution in [0.3, 0.4) is 0 Å². The molecule has 2 unspecified atom stereocenters. The van der Waals surface area contributed by atoms with Crippen molar-refractivity contribution in [2.45, 2.75) is 32.4 Å². The Morgan fingerprint density at radius 1 is 1.30 bits per heavy atom. The SMILES string of the molecule is CCC1CN(Cc2cccc(OC)c2OC)CCC1N. The zero-order chi connectivity index (χ0) is 14.5. The second-order valence-electron chi connectivity index (χ2n) is 5.51. The third-order valence-corrected chi connectivity index (χ3v) is 4.28. The van der Waals surface area contributed by atoms with Gasteiger partial charge in [-0.15, -0.1) is 0 Å². The van der Waals surface area contributed by atoms with Gasteiger partial charge in [-0.2, -0.15) is 0 Å². The summed E-state index contributed by atoms with van der Waals surface area (Å²) in [5, 5.41) is 0. The molecule has 1 aromatic carbocycles. The molecule has 4 nitrogen and oxygen atoms in total. The summed E-state index contributed by atoms with van der Waals surface area (Å²) in [5.74, 6) is 2.24. The molecule has 112 valence electrons. The van der Waals surface area contributed by atoms with E-state index in [1.165, 1.54) is 5.56 Å². The summed E-state index contributed by atoms with van der Waals surface area (Å²) in [4.78, 5) is 2.47. The molecule has 4 heteroatoms. The van der Waals surface area contributed by atoms with Gasteiger partial charge in [0.15, 0.2) is 11.5 Å². The lowest BCUT2D eigenvalue weighted by Gasteiger charge is -2.36. The number of piperidine rings is 1. The summed E-state index contributed by atoms with van der Waals surface area (Å²) in [5.41, 5.74) is 7.35. The summed E-state index contributed by atoms with van der Waals surface area (Å²) < 4.78 is 10.9. The largest absolute Gasteiger partial charge is 0.493 e. The Bertz CT molecular complexity index is 436. The van der Waals surface area contributed by atoms with E-state index in [0.717, 1.165) is 44.0 Å². The quantitative estimate of drug-likeness (QED) is 0.897. The monoisotopic (exact) mass is 278 g/mol. The van der Waals surface area contributed by atoms with Gasteiger partial charge in [0.05, 0.1) is 14.2 Å². The average molecular weight is 278 g/mol. The number of nitrogens with zero attached hydrogens (tertiary/aromatic N) is 1. The van der Waals surface area contributed by atoms with Crippen LogP contribution in [0.4, 0.5) is 0 Å². The van der Waals surface area contributed by atoms with Gasteiger partial charge in [-0.05, 0) is 24.9 Å². The molecule has 2 N–H and O–H groups in total. The number of hydrogen-bond acceptors (Lipinski definition) is 4. The molecule has 1 aromatic rings. The van der Waals surface area contributed by atoms with E-state index in [0.29, 0.717) is 12.0 Å². The van der Waals surface area contributed by atoms with Gasteiger partial charge in [-0.1, -0.05) is 25.5 Å². The van der Waals surface area contributed by atoms with Crippen LogP contribution in [0.2, 0.25) is 0 Å². The maximum atomic E-state index is 6.18. The van der Waals surface area contributed by atoms with Crippen molar-refractivity contribution in [3.8, 4) is 11.5 Å². The van der Waals surface area contributed by atoms with Crippen LogP contribution in [-0.2, 0) is 6.54 Å². The van der Waals surface area contributed by atoms with Crippen LogP contribution >= 0.6 is 0 Å². The van der Waals surface area contributed by atoms with Crippen LogP contribution in [0.5, 0.6) is 11.5 Å². The van der Waals surface area contributed by atoms with Crippen molar-refractivity contribution in [3.05, 3.63) is 23.8 Å². The zero-order valence-corrected chi connectivity index (χ0v) is 12.8. The number of nitrogens with two attached hydrogens (primary N) is 1. The lowest BCUT2D eigenvalue weighted by atomic mass is 9.90. The number of benzene rings is 1. The fourth-order valence-corrected chi connectivity index (χ4v) is 3.02. The van der Waals surface area contributed by atoms with Crippen molar-refractivity contribution in [1.82, 2.24) is 4.90 Å². The van der Waals surface area contributed by atoms with Gasteiger partial charge in [0.2, 0.25) is 0 Å². The number of ether oxygens (including phenoxy) is 2. The highest BCUT2D eigenvalue weighted by Gasteiger charge is 2.26. The average Bonchev–Trinajstić information content (AvgIpc) is 2.48. The minimum Gasteiger partial charge on any atom is -0.493 e. The normalized spacial score (nSPS) is 23.6. The molecule has 0 amide bonds. The predicted octanol–water partition coefficient (Wildman–Crippen LogP) is 2.26. The summed E-state index contributed by atoms with van der Waals surface area (Å²) in [6, 6.07) is 6.41. The van der Waals surface area contributed by atoms with Crippen LogP contribution in [0.1, 0.15) is 25.3 Å². The first-order valence-corrected chi connectivity index (χ1v) is 7.37. The molecule has 1 saturated heterocycles. The van der Waals surface area contributed by atoms with Crippen LogP contribution in [-0.4, -0.2) is 38.3 Å². The predicted molar refractivity (Wildman–Crippen MR) is 81.2 cm³/mol. The minimum atomic E-state index is 0.350. The van der Waals surface area contributed by atoms with Crippen molar-refractivity contribution in [1.29, 1.82) is 0 Å². The highest BCUT2D eigenvalue weighted by molar-refractivity contribution is 5.46. The molecule has 1 aliphatic rings. The van der Waals surface area contributed by atoms with Gasteiger partial charge in [-0.25, -0.2) is 0 Å². The molecule has 0 bridgehead atoms. The molecule has 2 atom stereocenters. The highest BCUT2D eigenvalue weighted by Crippen LogP contribution is 2.32. The molecule has 0 aromatic heterocycles. The molecule has 0 spiro atoms. The van der Waals surface area contributed by atoms with E-state index in [-0.39, 0.29) is 0 Å². The van der Waals surface area contributed by atoms with E-state index in [4.69, 9.17) is 15.2 Å². The first kappa shape index (κ1) is 15.1. The van der Waals surface area contributed by atoms with Crippen LogP contribution in [0, 0.1) is 5.92 Å². The molecule has 0 radical (unpaired) electrons. The first-order chi connectivity index (χ1) is 9.69. The zero-order valence-electron chi connectivity index (χ0n) is 12.8. The van der Waals surface area contributed by atoms with E-state index in [1.54, 1.807) is 14.2 Å². The standard InChI is InChI=1S/C16H26N2O2/c1-4-12-10-18(9-8-14(12)17)11-13-6-5-7-15(19-2)16(13)20-3/h5-7,12,14H,4,8-11,17H2,1-3H3. The van der Waals surface area contributed by atoms with Gasteiger partial charge >= 0.3 is 0 Å². The number of para-hydroxylation sites is 1. The fourth-order valence-electron chi connectivity index (χ4n) is 3.02. The fraction of sp³-hybridized carbons (Fsp3) is 0.625. The minimum absolute atomic E-state index is 0.350. The van der Waals surface area contributed by atoms with Crippen molar-refractivity contribution < 1.29 is 9.47 Å². The van der Waals surface area contributed by atoms with Crippen molar-refractivity contribution >= 4 is 0 Å². The van der Waals surface area contributed by atoms with Gasteiger partial charge in [0.1, 0.15) is 0 Å². The molecule has 1 heterocycles. The Balaban J connectivity index is 2.10. The lowest BCUT2D eigenvalue weighted by molar-refractivity contribution is 0.144. The molecule has 1 aliphatic heterocycles. The first-order valence-electron chi connectivity index (χ1n) is 7.37. The summed E-state index contributed by atoms with van der Waals surface area (Å²) >= 11 is 0. The molecule has 1 fully saturated rings. The van der Waals surface area contributed by atoms with E-state index in [2.05, 4.69) is 17.9 Å². The molecular formula is C16H26N2O2. The van der Waals surface area contributed by atoms with Crippen molar-refractivity contribution in [2.75, 3.05) is 27.3 Å². The van der Waals surface area contributed by atoms with Gasteiger partial charge in [0, 0.05) is 24.7 Å². The van der Waals surface area contributed by atoms with Gasteiger partial charge < -0.3 is 15.2 Å². The van der Waals surface area contributed by atoms with Crippen LogP contribution in [0.25, 0.3) is 0 Å². The van der Waals surface area contributed by atoms with E-state index in [9.17, 15) is 0 Å². The molecule has 20 heavy (non-hydrogen) atoms. The van der Waals surface area contributed by atoms with Gasteiger partial charge in [0.25, 0.3) is 0 Å². The second-order valence-corrected chi connectivity index (χ2v) is 5.51. The Kier molecular flexibility index (Phi) is 5.26. The molecular weight excluding hydrogens is 252 g/mol. The second kappa shape index (κ2) is 6.95. The Hall–Kier alpha value is -1.26. The number of methoxy groups -OCH3 is 2. The van der Waals surface area contributed by atoms with Crippen molar-refractivity contribution in [2.24, 2.45) is 11.7 Å². The van der Waals surface area contributed by atoms with E-state index in [1.807, 2.05) is 12.1 Å². The maximum absolute atomic E-state index is 6.18. The third-order valence-electron chi connectivity index (χ3n) is 4.28. The lowest BCUT2D eigenvalue weighted by Crippen LogP contribution is -2.46. The Morgan fingerprint density at radius 3 is 2.75 bits per heavy atom. The summed E-state index contributed by atoms with van der Waals surface area (Å²) in [6.07, 6.45) is 2.22. The van der Waals surface area contributed by atoms with Crippen molar-refractivity contribution in [3.63, 3.8) is 0 Å². The maximum Gasteiger partial charge on any atom is 0.165 e. The third kappa shape index (κ3) is 3.25. The van der Waals surface area contributed by atoms with E-state index >= 15 is 0 Å². The number of rotatable bonds is 5. The van der Waals surface area contributed by atoms with Gasteiger partial charge in [-0.3, -0.25) is 4.90 Å². The smallest absolute Gasteiger partial charge is 0.165 e. The molecule has 2 rings (SSSR count). The topological polar surface area (TPSA) is 47.7 Å². The van der Waals surface area contributed by atoms with Crippen LogP contribution in [0.15, 0.2) is 18.2 Å². The molecule has 0 saturated carbocycles. The Morgan fingerprint density at radius 2 is 2.10 bits per heavy atom. The molecule has 0 aliphatic carbocycles. The van der Waals surface area contributed by atoms with Crippen LogP contribution < -0.4 is 15.2 Å². The number of hydrogen-bond donors (Lipinski definition) is 1. The summed E-state index contributed by atoms with van der Waals surface area (Å²) in [7, 11) is 3.37. The number of likely N-dealkylation sites (tertiary alicyclic amines) is 1. The summed E-state index contributed by atoms with van der Waals surface area (Å²) in [6.45, 7) is 5.24.